The molecule has 1 amide bonds. The standard InChI is InChI=1S/C29H30N8O/c1-36-16-12-23(13-17-36)31-22-8-6-21(7-9-22)29(38)33-27-18-25(34-35-27)28-32-24-4-2-3-5-26(24)37(28)19-20-10-14-30-15-11-20/h2-11,14-15,18,23,31H,12-13,16-17,19H2,1H3,(H2,33,34,35,38). The normalized spacial score (nSPS) is 14.6. The largest absolute Gasteiger partial charge is 0.382 e. The molecule has 1 aliphatic heterocycles. The van der Waals surface area contributed by atoms with Gasteiger partial charge in [0.15, 0.2) is 11.6 Å². The summed E-state index contributed by atoms with van der Waals surface area (Å²) in [7, 11) is 2.16. The van der Waals surface area contributed by atoms with Crippen LogP contribution in [0.5, 0.6) is 0 Å². The first kappa shape index (κ1) is 23.9. The average Bonchev–Trinajstić information content (AvgIpc) is 3.55. The smallest absolute Gasteiger partial charge is 0.256 e. The predicted molar refractivity (Wildman–Crippen MR) is 149 cm³/mol. The second kappa shape index (κ2) is 10.5. The molecule has 0 atom stereocenters. The molecule has 1 saturated heterocycles. The minimum Gasteiger partial charge on any atom is -0.382 e. The van der Waals surface area contributed by atoms with Crippen LogP contribution in [0.2, 0.25) is 0 Å². The number of benzene rings is 2. The van der Waals surface area contributed by atoms with E-state index in [1.165, 1.54) is 0 Å². The van der Waals surface area contributed by atoms with Gasteiger partial charge in [0, 0.05) is 42.3 Å². The summed E-state index contributed by atoms with van der Waals surface area (Å²) in [5.41, 5.74) is 5.37. The number of para-hydroxylation sites is 2. The van der Waals surface area contributed by atoms with E-state index >= 15 is 0 Å². The number of rotatable bonds is 7. The van der Waals surface area contributed by atoms with Crippen LogP contribution in [-0.2, 0) is 6.54 Å². The van der Waals surface area contributed by atoms with Crippen molar-refractivity contribution in [3.05, 3.63) is 90.3 Å². The second-order valence-electron chi connectivity index (χ2n) is 9.79. The number of hydrogen-bond donors (Lipinski definition) is 3. The molecule has 6 rings (SSSR count). The molecular formula is C29H30N8O. The number of carbonyl (C=O) groups is 1. The Balaban J connectivity index is 1.17. The van der Waals surface area contributed by atoms with Crippen molar-refractivity contribution in [2.24, 2.45) is 0 Å². The molecule has 0 unspecified atom stereocenters. The zero-order valence-electron chi connectivity index (χ0n) is 21.3. The lowest BCUT2D eigenvalue weighted by atomic mass is 10.0. The molecule has 0 bridgehead atoms. The molecule has 1 aliphatic rings. The zero-order valence-corrected chi connectivity index (χ0v) is 21.3. The summed E-state index contributed by atoms with van der Waals surface area (Å²) in [6.07, 6.45) is 5.82. The number of hydrogen-bond acceptors (Lipinski definition) is 6. The molecule has 0 aliphatic carbocycles. The third-order valence-electron chi connectivity index (χ3n) is 7.04. The summed E-state index contributed by atoms with van der Waals surface area (Å²) in [4.78, 5) is 24.2. The number of pyridine rings is 1. The Morgan fingerprint density at radius 3 is 2.58 bits per heavy atom. The van der Waals surface area contributed by atoms with Gasteiger partial charge in [0.05, 0.1) is 11.0 Å². The van der Waals surface area contributed by atoms with Crippen LogP contribution in [0.1, 0.15) is 28.8 Å². The van der Waals surface area contributed by atoms with Gasteiger partial charge < -0.3 is 20.1 Å². The fourth-order valence-corrected chi connectivity index (χ4v) is 4.91. The molecule has 0 saturated carbocycles. The van der Waals surface area contributed by atoms with Crippen LogP contribution in [0.3, 0.4) is 0 Å². The molecule has 192 valence electrons. The minimum atomic E-state index is -0.209. The number of piperidine rings is 1. The Bertz CT molecular complexity index is 1530. The first-order chi connectivity index (χ1) is 18.6. The van der Waals surface area contributed by atoms with Crippen LogP contribution >= 0.6 is 0 Å². The van der Waals surface area contributed by atoms with E-state index in [0.29, 0.717) is 24.0 Å². The number of H-pyrrole nitrogens is 1. The van der Waals surface area contributed by atoms with Crippen molar-refractivity contribution in [1.82, 2.24) is 29.6 Å². The third kappa shape index (κ3) is 5.14. The Morgan fingerprint density at radius 1 is 1.03 bits per heavy atom. The maximum Gasteiger partial charge on any atom is 0.256 e. The summed E-state index contributed by atoms with van der Waals surface area (Å²) >= 11 is 0. The van der Waals surface area contributed by atoms with Crippen molar-refractivity contribution in [2.45, 2.75) is 25.4 Å². The van der Waals surface area contributed by atoms with Crippen LogP contribution in [0.4, 0.5) is 11.5 Å². The van der Waals surface area contributed by atoms with Gasteiger partial charge in [-0.1, -0.05) is 12.1 Å². The highest BCUT2D eigenvalue weighted by atomic mass is 16.1. The number of fused-ring (bicyclic) bond motifs is 1. The number of amides is 1. The van der Waals surface area contributed by atoms with E-state index in [1.807, 2.05) is 60.7 Å². The molecule has 0 spiro atoms. The zero-order chi connectivity index (χ0) is 25.9. The number of nitrogens with one attached hydrogen (secondary N) is 3. The molecule has 3 aromatic heterocycles. The molecule has 9 heteroatoms. The molecular weight excluding hydrogens is 476 g/mol. The lowest BCUT2D eigenvalue weighted by Crippen LogP contribution is -2.36. The molecule has 4 heterocycles. The van der Waals surface area contributed by atoms with Gasteiger partial charge in [0.2, 0.25) is 0 Å². The fourth-order valence-electron chi connectivity index (χ4n) is 4.91. The van der Waals surface area contributed by atoms with E-state index < -0.39 is 0 Å². The van der Waals surface area contributed by atoms with Gasteiger partial charge >= 0.3 is 0 Å². The number of aromatic nitrogens is 5. The summed E-state index contributed by atoms with van der Waals surface area (Å²) in [5, 5.41) is 13.9. The summed E-state index contributed by atoms with van der Waals surface area (Å²) in [6.45, 7) is 2.84. The van der Waals surface area contributed by atoms with Crippen LogP contribution in [0.25, 0.3) is 22.6 Å². The summed E-state index contributed by atoms with van der Waals surface area (Å²) < 4.78 is 2.14. The van der Waals surface area contributed by atoms with Gasteiger partial charge in [-0.2, -0.15) is 5.10 Å². The highest BCUT2D eigenvalue weighted by molar-refractivity contribution is 6.04. The highest BCUT2D eigenvalue weighted by Crippen LogP contribution is 2.26. The number of nitrogens with zero attached hydrogens (tertiary/aromatic N) is 5. The van der Waals surface area contributed by atoms with Gasteiger partial charge in [-0.3, -0.25) is 14.9 Å². The summed E-state index contributed by atoms with van der Waals surface area (Å²) in [6, 6.07) is 21.9. The quantitative estimate of drug-likeness (QED) is 0.297. The maximum atomic E-state index is 12.9. The Kier molecular flexibility index (Phi) is 6.58. The van der Waals surface area contributed by atoms with E-state index in [0.717, 1.165) is 59.7 Å². The Morgan fingerprint density at radius 2 is 1.79 bits per heavy atom. The van der Waals surface area contributed by atoms with Crippen molar-refractivity contribution in [1.29, 1.82) is 0 Å². The van der Waals surface area contributed by atoms with Crippen molar-refractivity contribution in [3.8, 4) is 11.5 Å². The van der Waals surface area contributed by atoms with Crippen molar-refractivity contribution >= 4 is 28.4 Å². The molecule has 38 heavy (non-hydrogen) atoms. The molecule has 0 radical (unpaired) electrons. The van der Waals surface area contributed by atoms with Crippen LogP contribution in [-0.4, -0.2) is 61.7 Å². The van der Waals surface area contributed by atoms with E-state index in [1.54, 1.807) is 12.4 Å². The second-order valence-corrected chi connectivity index (χ2v) is 9.79. The van der Waals surface area contributed by atoms with Gasteiger partial charge in [-0.25, -0.2) is 4.98 Å². The van der Waals surface area contributed by atoms with Crippen LogP contribution in [0, 0.1) is 0 Å². The number of carbonyl (C=O) groups excluding carboxylic acids is 1. The lowest BCUT2D eigenvalue weighted by Gasteiger charge is -2.30. The highest BCUT2D eigenvalue weighted by Gasteiger charge is 2.18. The maximum absolute atomic E-state index is 12.9. The van der Waals surface area contributed by atoms with Gasteiger partial charge in [0.25, 0.3) is 5.91 Å². The average molecular weight is 507 g/mol. The van der Waals surface area contributed by atoms with Gasteiger partial charge in [0.1, 0.15) is 5.69 Å². The Labute approximate surface area is 220 Å². The molecule has 5 aromatic rings. The first-order valence-corrected chi connectivity index (χ1v) is 12.9. The van der Waals surface area contributed by atoms with E-state index in [9.17, 15) is 4.79 Å². The van der Waals surface area contributed by atoms with Gasteiger partial charge in [-0.05, 0) is 87.1 Å². The monoisotopic (exact) mass is 506 g/mol. The van der Waals surface area contributed by atoms with Crippen LogP contribution in [0.15, 0.2) is 79.1 Å². The number of anilines is 2. The summed E-state index contributed by atoms with van der Waals surface area (Å²) in [5.74, 6) is 0.987. The SMILES string of the molecule is CN1CCC(Nc2ccc(C(=O)Nc3cc(-c4nc5ccccc5n4Cc4ccncc4)[nH]n3)cc2)CC1. The van der Waals surface area contributed by atoms with Crippen molar-refractivity contribution in [2.75, 3.05) is 30.8 Å². The van der Waals surface area contributed by atoms with E-state index in [-0.39, 0.29) is 5.91 Å². The topological polar surface area (TPSA) is 104 Å². The predicted octanol–water partition coefficient (Wildman–Crippen LogP) is 4.63. The van der Waals surface area contributed by atoms with Crippen molar-refractivity contribution in [3.63, 3.8) is 0 Å². The number of aromatic amines is 1. The first-order valence-electron chi connectivity index (χ1n) is 12.9. The molecule has 1 fully saturated rings. The van der Waals surface area contributed by atoms with E-state index in [4.69, 9.17) is 4.98 Å². The molecule has 3 N–H and O–H groups in total. The van der Waals surface area contributed by atoms with Crippen molar-refractivity contribution < 1.29 is 4.79 Å². The number of likely N-dealkylation sites (tertiary alicyclic amines) is 1. The van der Waals surface area contributed by atoms with Crippen LogP contribution < -0.4 is 10.6 Å². The van der Waals surface area contributed by atoms with Gasteiger partial charge in [-0.15, -0.1) is 0 Å². The third-order valence-corrected chi connectivity index (χ3v) is 7.04. The lowest BCUT2D eigenvalue weighted by molar-refractivity contribution is 0.102. The minimum absolute atomic E-state index is 0.209. The fraction of sp³-hybridized carbons (Fsp3) is 0.241. The molecule has 9 nitrogen and oxygen atoms in total. The Hall–Kier alpha value is -4.50. The molecule has 2 aromatic carbocycles. The van der Waals surface area contributed by atoms with E-state index in [2.05, 4.69) is 48.4 Å². The number of imidazole rings is 1.